The summed E-state index contributed by atoms with van der Waals surface area (Å²) in [6.45, 7) is 1.74. The van der Waals surface area contributed by atoms with Crippen LogP contribution in [0.1, 0.15) is 6.92 Å². The number of hydrogen-bond donors (Lipinski definition) is 2. The van der Waals surface area contributed by atoms with Crippen LogP contribution >= 0.6 is 0 Å². The van der Waals surface area contributed by atoms with E-state index in [2.05, 4.69) is 10.1 Å². The predicted molar refractivity (Wildman–Crippen MR) is 56.0 cm³/mol. The number of benzene rings is 1. The van der Waals surface area contributed by atoms with Crippen molar-refractivity contribution in [2.45, 2.75) is 13.0 Å². The zero-order valence-corrected chi connectivity index (χ0v) is 8.28. The molecule has 0 amide bonds. The molecule has 0 radical (unpaired) electrons. The van der Waals surface area contributed by atoms with E-state index >= 15 is 0 Å². The summed E-state index contributed by atoms with van der Waals surface area (Å²) in [5, 5.41) is 2.99. The van der Waals surface area contributed by atoms with Crippen molar-refractivity contribution in [3.63, 3.8) is 0 Å². The second kappa shape index (κ2) is 4.50. The van der Waals surface area contributed by atoms with Gasteiger partial charge in [0.15, 0.2) is 0 Å². The number of rotatable bonds is 3. The molecule has 0 aliphatic heterocycles. The van der Waals surface area contributed by atoms with E-state index in [9.17, 15) is 4.79 Å². The average molecular weight is 194 g/mol. The maximum Gasteiger partial charge on any atom is 0.327 e. The van der Waals surface area contributed by atoms with Gasteiger partial charge >= 0.3 is 5.97 Å². The number of nitrogens with two attached hydrogens (primary N) is 1. The number of ether oxygens (including phenoxy) is 1. The minimum atomic E-state index is -0.358. The average Bonchev–Trinajstić information content (AvgIpc) is 2.20. The molecule has 0 unspecified atom stereocenters. The molecule has 1 aromatic carbocycles. The van der Waals surface area contributed by atoms with Gasteiger partial charge in [-0.15, -0.1) is 0 Å². The number of esters is 1. The van der Waals surface area contributed by atoms with Gasteiger partial charge in [-0.25, -0.2) is 4.79 Å². The molecule has 1 atom stereocenters. The highest BCUT2D eigenvalue weighted by molar-refractivity contribution is 5.78. The lowest BCUT2D eigenvalue weighted by Gasteiger charge is -2.12. The van der Waals surface area contributed by atoms with Crippen molar-refractivity contribution in [1.29, 1.82) is 0 Å². The first kappa shape index (κ1) is 10.4. The third kappa shape index (κ3) is 2.65. The summed E-state index contributed by atoms with van der Waals surface area (Å²) < 4.78 is 4.58. The SMILES string of the molecule is COC(=O)[C@@H](C)Nc1ccc(N)cc1. The zero-order valence-electron chi connectivity index (χ0n) is 8.28. The Morgan fingerprint density at radius 3 is 2.50 bits per heavy atom. The van der Waals surface area contributed by atoms with Gasteiger partial charge < -0.3 is 15.8 Å². The first-order valence-corrected chi connectivity index (χ1v) is 4.33. The monoisotopic (exact) mass is 194 g/mol. The Balaban J connectivity index is 2.60. The van der Waals surface area contributed by atoms with Crippen LogP contribution in [0.3, 0.4) is 0 Å². The van der Waals surface area contributed by atoms with E-state index in [0.717, 1.165) is 5.69 Å². The summed E-state index contributed by atoms with van der Waals surface area (Å²) in [4.78, 5) is 11.1. The third-order valence-corrected chi connectivity index (χ3v) is 1.85. The summed E-state index contributed by atoms with van der Waals surface area (Å²) in [6, 6.07) is 6.81. The van der Waals surface area contributed by atoms with E-state index in [4.69, 9.17) is 5.73 Å². The maximum atomic E-state index is 11.1. The fourth-order valence-corrected chi connectivity index (χ4v) is 1.07. The molecule has 0 aliphatic carbocycles. The molecule has 3 N–H and O–H groups in total. The lowest BCUT2D eigenvalue weighted by atomic mass is 10.2. The van der Waals surface area contributed by atoms with Crippen molar-refractivity contribution in [1.82, 2.24) is 0 Å². The molecular weight excluding hydrogens is 180 g/mol. The van der Waals surface area contributed by atoms with E-state index < -0.39 is 0 Å². The van der Waals surface area contributed by atoms with Gasteiger partial charge in [0.05, 0.1) is 7.11 Å². The first-order chi connectivity index (χ1) is 6.63. The summed E-state index contributed by atoms with van der Waals surface area (Å²) >= 11 is 0. The fraction of sp³-hybridized carbons (Fsp3) is 0.300. The molecule has 14 heavy (non-hydrogen) atoms. The molecule has 0 spiro atoms. The summed E-state index contributed by atoms with van der Waals surface area (Å²) in [6.07, 6.45) is 0. The van der Waals surface area contributed by atoms with Gasteiger partial charge in [0.25, 0.3) is 0 Å². The first-order valence-electron chi connectivity index (χ1n) is 4.33. The van der Waals surface area contributed by atoms with Gasteiger partial charge in [-0.3, -0.25) is 0 Å². The summed E-state index contributed by atoms with van der Waals surface area (Å²) in [5.41, 5.74) is 7.06. The molecule has 4 heteroatoms. The molecule has 0 fully saturated rings. The number of nitrogen functional groups attached to an aromatic ring is 1. The molecule has 0 aliphatic rings. The molecule has 0 saturated heterocycles. The minimum absolute atomic E-state index is 0.290. The molecule has 0 heterocycles. The summed E-state index contributed by atoms with van der Waals surface area (Å²) in [7, 11) is 1.36. The number of hydrogen-bond acceptors (Lipinski definition) is 4. The summed E-state index contributed by atoms with van der Waals surface area (Å²) in [5.74, 6) is -0.290. The van der Waals surface area contributed by atoms with Gasteiger partial charge in [0.2, 0.25) is 0 Å². The van der Waals surface area contributed by atoms with Crippen molar-refractivity contribution in [2.75, 3.05) is 18.2 Å². The normalized spacial score (nSPS) is 11.9. The molecule has 0 aromatic heterocycles. The van der Waals surface area contributed by atoms with Crippen LogP contribution in [0.4, 0.5) is 11.4 Å². The topological polar surface area (TPSA) is 64.3 Å². The zero-order chi connectivity index (χ0) is 10.6. The minimum Gasteiger partial charge on any atom is -0.467 e. The molecule has 4 nitrogen and oxygen atoms in total. The molecule has 1 rings (SSSR count). The van der Waals surface area contributed by atoms with Gasteiger partial charge in [-0.2, -0.15) is 0 Å². The van der Waals surface area contributed by atoms with Gasteiger partial charge in [0.1, 0.15) is 6.04 Å². The van der Waals surface area contributed by atoms with E-state index in [0.29, 0.717) is 5.69 Å². The lowest BCUT2D eigenvalue weighted by molar-refractivity contribution is -0.141. The number of anilines is 2. The van der Waals surface area contributed by atoms with Crippen LogP contribution in [-0.2, 0) is 9.53 Å². The van der Waals surface area contributed by atoms with Crippen molar-refractivity contribution < 1.29 is 9.53 Å². The van der Waals surface area contributed by atoms with Crippen molar-refractivity contribution in [3.8, 4) is 0 Å². The van der Waals surface area contributed by atoms with Crippen LogP contribution in [0, 0.1) is 0 Å². The van der Waals surface area contributed by atoms with E-state index in [1.54, 1.807) is 19.1 Å². The third-order valence-electron chi connectivity index (χ3n) is 1.85. The van der Waals surface area contributed by atoms with E-state index in [1.807, 2.05) is 12.1 Å². The highest BCUT2D eigenvalue weighted by atomic mass is 16.5. The number of nitrogens with one attached hydrogen (secondary N) is 1. The maximum absolute atomic E-state index is 11.1. The number of methoxy groups -OCH3 is 1. The van der Waals surface area contributed by atoms with Crippen molar-refractivity contribution in [2.24, 2.45) is 0 Å². The fourth-order valence-electron chi connectivity index (χ4n) is 1.07. The Kier molecular flexibility index (Phi) is 3.34. The van der Waals surface area contributed by atoms with Crippen LogP contribution < -0.4 is 11.1 Å². The lowest BCUT2D eigenvalue weighted by Crippen LogP contribution is -2.27. The van der Waals surface area contributed by atoms with Crippen LogP contribution in [-0.4, -0.2) is 19.1 Å². The number of carbonyl (C=O) groups is 1. The van der Waals surface area contributed by atoms with E-state index in [1.165, 1.54) is 7.11 Å². The van der Waals surface area contributed by atoms with Gasteiger partial charge in [-0.05, 0) is 31.2 Å². The van der Waals surface area contributed by atoms with Gasteiger partial charge in [-0.1, -0.05) is 0 Å². The molecule has 1 aromatic rings. The predicted octanol–water partition coefficient (Wildman–Crippen LogP) is 1.24. The Morgan fingerprint density at radius 1 is 1.43 bits per heavy atom. The van der Waals surface area contributed by atoms with Crippen molar-refractivity contribution >= 4 is 17.3 Å². The Bertz CT molecular complexity index is 308. The van der Waals surface area contributed by atoms with Crippen LogP contribution in [0.5, 0.6) is 0 Å². The van der Waals surface area contributed by atoms with Crippen LogP contribution in [0.2, 0.25) is 0 Å². The molecule has 0 saturated carbocycles. The Labute approximate surface area is 83.1 Å². The smallest absolute Gasteiger partial charge is 0.327 e. The molecule has 76 valence electrons. The standard InChI is InChI=1S/C10H14N2O2/c1-7(10(13)14-2)12-9-5-3-8(11)4-6-9/h3-7,12H,11H2,1-2H3/t7-/m1/s1. The highest BCUT2D eigenvalue weighted by Gasteiger charge is 2.11. The van der Waals surface area contributed by atoms with Crippen molar-refractivity contribution in [3.05, 3.63) is 24.3 Å². The largest absolute Gasteiger partial charge is 0.467 e. The van der Waals surface area contributed by atoms with E-state index in [-0.39, 0.29) is 12.0 Å². The Morgan fingerprint density at radius 2 is 2.00 bits per heavy atom. The number of carbonyl (C=O) groups excluding carboxylic acids is 1. The molecular formula is C10H14N2O2. The Hall–Kier alpha value is -1.71. The second-order valence-electron chi connectivity index (χ2n) is 3.01. The van der Waals surface area contributed by atoms with Gasteiger partial charge in [0, 0.05) is 11.4 Å². The second-order valence-corrected chi connectivity index (χ2v) is 3.01. The van der Waals surface area contributed by atoms with Crippen LogP contribution in [0.25, 0.3) is 0 Å². The quantitative estimate of drug-likeness (QED) is 0.561. The molecule has 0 bridgehead atoms. The van der Waals surface area contributed by atoms with Crippen LogP contribution in [0.15, 0.2) is 24.3 Å². The highest BCUT2D eigenvalue weighted by Crippen LogP contribution is 2.11.